The van der Waals surface area contributed by atoms with Crippen molar-refractivity contribution < 1.29 is 9.18 Å². The number of halogens is 1. The molecule has 0 aliphatic rings. The second-order valence-corrected chi connectivity index (χ2v) is 4.83. The number of H-pyrrole nitrogens is 1. The monoisotopic (exact) mass is 283 g/mol. The van der Waals surface area contributed by atoms with E-state index in [4.69, 9.17) is 0 Å². The van der Waals surface area contributed by atoms with E-state index < -0.39 is 5.82 Å². The third-order valence-corrected chi connectivity index (χ3v) is 3.39. The number of fused-ring (bicyclic) bond motifs is 1. The highest BCUT2D eigenvalue weighted by Crippen LogP contribution is 2.24. The van der Waals surface area contributed by atoms with Crippen molar-refractivity contribution in [2.75, 3.05) is 0 Å². The number of nitrogens with zero attached hydrogens (tertiary/aromatic N) is 1. The van der Waals surface area contributed by atoms with E-state index in [1.54, 1.807) is 31.5 Å². The van der Waals surface area contributed by atoms with Crippen LogP contribution in [-0.4, -0.2) is 15.9 Å². The molecule has 21 heavy (non-hydrogen) atoms. The molecule has 2 N–H and O–H groups in total. The SMILES string of the molecule is Cc1[nH]c2cccc(F)c2c1C(=O)NCc1ccncc1. The van der Waals surface area contributed by atoms with E-state index in [0.29, 0.717) is 28.7 Å². The fraction of sp³-hybridized carbons (Fsp3) is 0.125. The van der Waals surface area contributed by atoms with E-state index >= 15 is 0 Å². The first kappa shape index (κ1) is 13.3. The summed E-state index contributed by atoms with van der Waals surface area (Å²) in [5, 5.41) is 3.14. The van der Waals surface area contributed by atoms with Gasteiger partial charge in [0.2, 0.25) is 0 Å². The van der Waals surface area contributed by atoms with Gasteiger partial charge >= 0.3 is 0 Å². The van der Waals surface area contributed by atoms with Gasteiger partial charge < -0.3 is 10.3 Å². The number of hydrogen-bond acceptors (Lipinski definition) is 2. The highest BCUT2D eigenvalue weighted by atomic mass is 19.1. The lowest BCUT2D eigenvalue weighted by molar-refractivity contribution is 0.0951. The Labute approximate surface area is 121 Å². The van der Waals surface area contributed by atoms with Gasteiger partial charge in [-0.25, -0.2) is 4.39 Å². The lowest BCUT2D eigenvalue weighted by Crippen LogP contribution is -2.23. The lowest BCUT2D eigenvalue weighted by Gasteiger charge is -2.05. The minimum absolute atomic E-state index is 0.291. The van der Waals surface area contributed by atoms with Gasteiger partial charge in [-0.1, -0.05) is 6.07 Å². The maximum atomic E-state index is 14.0. The molecule has 0 saturated carbocycles. The number of rotatable bonds is 3. The summed E-state index contributed by atoms with van der Waals surface area (Å²) >= 11 is 0. The molecule has 3 aromatic rings. The van der Waals surface area contributed by atoms with Crippen molar-refractivity contribution in [1.82, 2.24) is 15.3 Å². The Bertz CT molecular complexity index is 796. The Morgan fingerprint density at radius 2 is 2.05 bits per heavy atom. The number of benzene rings is 1. The van der Waals surface area contributed by atoms with Gasteiger partial charge in [-0.05, 0) is 36.8 Å². The van der Waals surface area contributed by atoms with E-state index in [1.165, 1.54) is 6.07 Å². The van der Waals surface area contributed by atoms with Gasteiger partial charge in [-0.15, -0.1) is 0 Å². The van der Waals surface area contributed by atoms with Crippen molar-refractivity contribution in [2.45, 2.75) is 13.5 Å². The van der Waals surface area contributed by atoms with Crippen LogP contribution in [0.2, 0.25) is 0 Å². The Morgan fingerprint density at radius 1 is 1.29 bits per heavy atom. The second-order valence-electron chi connectivity index (χ2n) is 4.83. The van der Waals surface area contributed by atoms with E-state index in [9.17, 15) is 9.18 Å². The van der Waals surface area contributed by atoms with Crippen LogP contribution < -0.4 is 5.32 Å². The molecular formula is C16H14FN3O. The molecule has 0 bridgehead atoms. The number of aromatic amines is 1. The first-order valence-electron chi connectivity index (χ1n) is 6.60. The van der Waals surface area contributed by atoms with Crippen molar-refractivity contribution >= 4 is 16.8 Å². The van der Waals surface area contributed by atoms with Crippen LogP contribution in [0.5, 0.6) is 0 Å². The summed E-state index contributed by atoms with van der Waals surface area (Å²) in [5.74, 6) is -0.688. The third kappa shape index (κ3) is 2.50. The van der Waals surface area contributed by atoms with Crippen LogP contribution in [0.4, 0.5) is 4.39 Å². The molecule has 0 radical (unpaired) electrons. The average Bonchev–Trinajstić information content (AvgIpc) is 2.83. The molecule has 1 amide bonds. The molecule has 106 valence electrons. The molecule has 0 saturated heterocycles. The maximum absolute atomic E-state index is 14.0. The number of aryl methyl sites for hydroxylation is 1. The summed E-state index contributed by atoms with van der Waals surface area (Å²) in [5.41, 5.74) is 2.58. The molecule has 0 spiro atoms. The van der Waals surface area contributed by atoms with Crippen LogP contribution in [0.3, 0.4) is 0 Å². The molecule has 0 fully saturated rings. The molecule has 0 aliphatic carbocycles. The Balaban J connectivity index is 1.90. The van der Waals surface area contributed by atoms with Gasteiger partial charge in [0.25, 0.3) is 5.91 Å². The van der Waals surface area contributed by atoms with E-state index in [0.717, 1.165) is 5.56 Å². The highest BCUT2D eigenvalue weighted by molar-refractivity contribution is 6.08. The minimum atomic E-state index is -0.397. The van der Waals surface area contributed by atoms with Gasteiger partial charge in [0.1, 0.15) is 5.82 Å². The summed E-state index contributed by atoms with van der Waals surface area (Å²) in [6.07, 6.45) is 3.33. The number of nitrogens with one attached hydrogen (secondary N) is 2. The van der Waals surface area contributed by atoms with Crippen molar-refractivity contribution in [3.63, 3.8) is 0 Å². The predicted molar refractivity (Wildman–Crippen MR) is 78.4 cm³/mol. The van der Waals surface area contributed by atoms with Gasteiger partial charge in [0.15, 0.2) is 0 Å². The molecule has 5 heteroatoms. The molecule has 2 heterocycles. The minimum Gasteiger partial charge on any atom is -0.358 e. The van der Waals surface area contributed by atoms with Crippen LogP contribution in [0.1, 0.15) is 21.6 Å². The van der Waals surface area contributed by atoms with Crippen LogP contribution in [0.15, 0.2) is 42.7 Å². The smallest absolute Gasteiger partial charge is 0.254 e. The van der Waals surface area contributed by atoms with E-state index in [2.05, 4.69) is 15.3 Å². The fourth-order valence-corrected chi connectivity index (χ4v) is 2.39. The molecule has 3 rings (SSSR count). The summed E-state index contributed by atoms with van der Waals surface area (Å²) in [4.78, 5) is 19.3. The van der Waals surface area contributed by atoms with Gasteiger partial charge in [-0.2, -0.15) is 0 Å². The van der Waals surface area contributed by atoms with Crippen LogP contribution in [0.25, 0.3) is 10.9 Å². The largest absolute Gasteiger partial charge is 0.358 e. The van der Waals surface area contributed by atoms with Crippen LogP contribution in [0, 0.1) is 12.7 Å². The van der Waals surface area contributed by atoms with Gasteiger partial charge in [0, 0.05) is 35.5 Å². The number of carbonyl (C=O) groups is 1. The van der Waals surface area contributed by atoms with Crippen molar-refractivity contribution in [3.8, 4) is 0 Å². The molecular weight excluding hydrogens is 269 g/mol. The molecule has 1 aromatic carbocycles. The van der Waals surface area contributed by atoms with Crippen molar-refractivity contribution in [2.24, 2.45) is 0 Å². The molecule has 2 aromatic heterocycles. The maximum Gasteiger partial charge on any atom is 0.254 e. The standard InChI is InChI=1S/C16H14FN3O/c1-10-14(15-12(17)3-2-4-13(15)20-10)16(21)19-9-11-5-7-18-8-6-11/h2-8,20H,9H2,1H3,(H,19,21). The lowest BCUT2D eigenvalue weighted by atomic mass is 10.1. The Morgan fingerprint density at radius 3 is 2.81 bits per heavy atom. The van der Waals surface area contributed by atoms with E-state index in [-0.39, 0.29) is 5.91 Å². The second kappa shape index (κ2) is 5.36. The first-order valence-corrected chi connectivity index (χ1v) is 6.60. The number of amides is 1. The zero-order chi connectivity index (χ0) is 14.8. The zero-order valence-corrected chi connectivity index (χ0v) is 11.5. The Kier molecular flexibility index (Phi) is 3.39. The van der Waals surface area contributed by atoms with Crippen LogP contribution >= 0.6 is 0 Å². The third-order valence-electron chi connectivity index (χ3n) is 3.39. The van der Waals surface area contributed by atoms with Gasteiger partial charge in [-0.3, -0.25) is 9.78 Å². The molecule has 0 unspecified atom stereocenters. The number of carbonyl (C=O) groups excluding carboxylic acids is 1. The quantitative estimate of drug-likeness (QED) is 0.776. The zero-order valence-electron chi connectivity index (χ0n) is 11.5. The summed E-state index contributed by atoms with van der Waals surface area (Å²) in [6, 6.07) is 8.37. The van der Waals surface area contributed by atoms with E-state index in [1.807, 2.05) is 12.1 Å². The molecule has 4 nitrogen and oxygen atoms in total. The van der Waals surface area contributed by atoms with Crippen molar-refractivity contribution in [3.05, 3.63) is 65.4 Å². The number of aromatic nitrogens is 2. The summed E-state index contributed by atoms with van der Waals surface area (Å²) in [7, 11) is 0. The highest BCUT2D eigenvalue weighted by Gasteiger charge is 2.18. The number of hydrogen-bond donors (Lipinski definition) is 2. The van der Waals surface area contributed by atoms with Gasteiger partial charge in [0.05, 0.1) is 5.56 Å². The average molecular weight is 283 g/mol. The normalized spacial score (nSPS) is 10.8. The first-order chi connectivity index (χ1) is 10.2. The van der Waals surface area contributed by atoms with Crippen molar-refractivity contribution in [1.29, 1.82) is 0 Å². The summed E-state index contributed by atoms with van der Waals surface area (Å²) < 4.78 is 14.0. The predicted octanol–water partition coefficient (Wildman–Crippen LogP) is 2.94. The van der Waals surface area contributed by atoms with Crippen LogP contribution in [-0.2, 0) is 6.54 Å². The molecule has 0 atom stereocenters. The summed E-state index contributed by atoms with van der Waals surface area (Å²) in [6.45, 7) is 2.14. The fourth-order valence-electron chi connectivity index (χ4n) is 2.39. The topological polar surface area (TPSA) is 57.8 Å². The molecule has 0 aliphatic heterocycles. The Hall–Kier alpha value is -2.69. The number of pyridine rings is 1.